The van der Waals surface area contributed by atoms with E-state index in [-0.39, 0.29) is 24.6 Å². The lowest BCUT2D eigenvalue weighted by molar-refractivity contribution is -0.145. The summed E-state index contributed by atoms with van der Waals surface area (Å²) in [6, 6.07) is 0. The SMILES string of the molecule is CCCCC[C@@H]1C[C@@H](C[C@H](O)CO)C(=O)O1. The van der Waals surface area contributed by atoms with E-state index < -0.39 is 6.10 Å². The van der Waals surface area contributed by atoms with Crippen molar-refractivity contribution >= 4 is 5.97 Å². The van der Waals surface area contributed by atoms with Gasteiger partial charge in [0.15, 0.2) is 0 Å². The fourth-order valence-electron chi connectivity index (χ4n) is 2.12. The molecule has 0 radical (unpaired) electrons. The monoisotopic (exact) mass is 230 g/mol. The molecule has 0 amide bonds. The number of esters is 1. The highest BCUT2D eigenvalue weighted by Gasteiger charge is 2.34. The number of rotatable bonds is 7. The molecule has 0 spiro atoms. The second-order valence-electron chi connectivity index (χ2n) is 4.56. The van der Waals surface area contributed by atoms with E-state index in [4.69, 9.17) is 9.84 Å². The maximum Gasteiger partial charge on any atom is 0.309 e. The first-order valence-electron chi connectivity index (χ1n) is 6.16. The van der Waals surface area contributed by atoms with Gasteiger partial charge in [-0.15, -0.1) is 0 Å². The molecule has 1 saturated heterocycles. The summed E-state index contributed by atoms with van der Waals surface area (Å²) in [4.78, 5) is 11.5. The molecule has 94 valence electrons. The molecule has 1 heterocycles. The van der Waals surface area contributed by atoms with Crippen LogP contribution in [0.4, 0.5) is 0 Å². The first kappa shape index (κ1) is 13.5. The summed E-state index contributed by atoms with van der Waals surface area (Å²) in [5, 5.41) is 18.0. The zero-order valence-corrected chi connectivity index (χ0v) is 9.89. The van der Waals surface area contributed by atoms with Crippen molar-refractivity contribution in [3.05, 3.63) is 0 Å². The van der Waals surface area contributed by atoms with Crippen molar-refractivity contribution in [3.8, 4) is 0 Å². The number of carbonyl (C=O) groups is 1. The van der Waals surface area contributed by atoms with Crippen molar-refractivity contribution < 1.29 is 19.7 Å². The second-order valence-corrected chi connectivity index (χ2v) is 4.56. The minimum atomic E-state index is -0.799. The van der Waals surface area contributed by atoms with Crippen LogP contribution in [0.15, 0.2) is 0 Å². The first-order valence-corrected chi connectivity index (χ1v) is 6.16. The number of ether oxygens (including phenoxy) is 1. The minimum absolute atomic E-state index is 0.0231. The smallest absolute Gasteiger partial charge is 0.309 e. The summed E-state index contributed by atoms with van der Waals surface area (Å²) in [5.41, 5.74) is 0. The Morgan fingerprint density at radius 3 is 2.88 bits per heavy atom. The summed E-state index contributed by atoms with van der Waals surface area (Å²) < 4.78 is 5.23. The molecule has 0 aromatic carbocycles. The summed E-state index contributed by atoms with van der Waals surface area (Å²) in [7, 11) is 0. The van der Waals surface area contributed by atoms with Crippen LogP contribution < -0.4 is 0 Å². The third-order valence-electron chi connectivity index (χ3n) is 3.06. The molecule has 2 N–H and O–H groups in total. The molecular weight excluding hydrogens is 208 g/mol. The number of aliphatic hydroxyl groups excluding tert-OH is 2. The van der Waals surface area contributed by atoms with Gasteiger partial charge < -0.3 is 14.9 Å². The van der Waals surface area contributed by atoms with E-state index >= 15 is 0 Å². The number of aliphatic hydroxyl groups is 2. The van der Waals surface area contributed by atoms with E-state index in [9.17, 15) is 9.90 Å². The van der Waals surface area contributed by atoms with Gasteiger partial charge in [0, 0.05) is 0 Å². The van der Waals surface area contributed by atoms with E-state index in [1.54, 1.807) is 0 Å². The highest BCUT2D eigenvalue weighted by molar-refractivity contribution is 5.74. The summed E-state index contributed by atoms with van der Waals surface area (Å²) in [6.45, 7) is 1.85. The zero-order valence-electron chi connectivity index (χ0n) is 9.89. The van der Waals surface area contributed by atoms with E-state index in [0.29, 0.717) is 12.8 Å². The molecule has 1 aliphatic heterocycles. The lowest BCUT2D eigenvalue weighted by Gasteiger charge is -2.09. The van der Waals surface area contributed by atoms with Crippen LogP contribution in [-0.2, 0) is 9.53 Å². The predicted octanol–water partition coefficient (Wildman–Crippen LogP) is 1.24. The van der Waals surface area contributed by atoms with E-state index in [2.05, 4.69) is 6.92 Å². The van der Waals surface area contributed by atoms with Gasteiger partial charge in [-0.3, -0.25) is 4.79 Å². The quantitative estimate of drug-likeness (QED) is 0.510. The second kappa shape index (κ2) is 6.86. The van der Waals surface area contributed by atoms with Gasteiger partial charge in [0.1, 0.15) is 6.10 Å². The summed E-state index contributed by atoms with van der Waals surface area (Å²) in [5.74, 6) is -0.442. The average Bonchev–Trinajstić information content (AvgIpc) is 2.60. The average molecular weight is 230 g/mol. The zero-order chi connectivity index (χ0) is 12.0. The van der Waals surface area contributed by atoms with Gasteiger partial charge in [0.25, 0.3) is 0 Å². The molecule has 0 aromatic rings. The Kier molecular flexibility index (Phi) is 5.77. The fraction of sp³-hybridized carbons (Fsp3) is 0.917. The van der Waals surface area contributed by atoms with Crippen LogP contribution >= 0.6 is 0 Å². The standard InChI is InChI=1S/C12H22O4/c1-2-3-4-5-11-7-9(12(15)16-11)6-10(14)8-13/h9-11,13-14H,2-8H2,1H3/t9-,10+,11-/m1/s1. The number of hydrogen-bond acceptors (Lipinski definition) is 4. The van der Waals surface area contributed by atoms with Gasteiger partial charge in [-0.05, 0) is 25.7 Å². The third kappa shape index (κ3) is 4.10. The molecule has 4 heteroatoms. The van der Waals surface area contributed by atoms with Crippen molar-refractivity contribution in [3.63, 3.8) is 0 Å². The molecule has 1 fully saturated rings. The number of carbonyl (C=O) groups excluding carboxylic acids is 1. The van der Waals surface area contributed by atoms with Crippen molar-refractivity contribution in [2.75, 3.05) is 6.61 Å². The molecule has 4 nitrogen and oxygen atoms in total. The molecule has 0 saturated carbocycles. The van der Waals surface area contributed by atoms with Crippen molar-refractivity contribution in [1.29, 1.82) is 0 Å². The van der Waals surface area contributed by atoms with Gasteiger partial charge >= 0.3 is 5.97 Å². The predicted molar refractivity (Wildman–Crippen MR) is 59.8 cm³/mol. The molecule has 0 aliphatic carbocycles. The van der Waals surface area contributed by atoms with Crippen LogP contribution in [0.5, 0.6) is 0 Å². The Balaban J connectivity index is 2.27. The molecule has 3 atom stereocenters. The highest BCUT2D eigenvalue weighted by atomic mass is 16.5. The van der Waals surface area contributed by atoms with E-state index in [1.165, 1.54) is 0 Å². The van der Waals surface area contributed by atoms with Crippen LogP contribution in [0.2, 0.25) is 0 Å². The van der Waals surface area contributed by atoms with Crippen molar-refractivity contribution in [2.24, 2.45) is 5.92 Å². The number of hydrogen-bond donors (Lipinski definition) is 2. The Bertz CT molecular complexity index is 217. The topological polar surface area (TPSA) is 66.8 Å². The Labute approximate surface area is 96.6 Å². The van der Waals surface area contributed by atoms with Crippen molar-refractivity contribution in [2.45, 2.75) is 57.7 Å². The van der Waals surface area contributed by atoms with Crippen LogP contribution in [0.3, 0.4) is 0 Å². The normalized spacial score (nSPS) is 26.8. The Hall–Kier alpha value is -0.610. The molecule has 0 unspecified atom stereocenters. The van der Waals surface area contributed by atoms with Gasteiger partial charge in [0.2, 0.25) is 0 Å². The summed E-state index contributed by atoms with van der Waals surface area (Å²) in [6.07, 6.45) is 4.57. The van der Waals surface area contributed by atoms with Crippen LogP contribution in [-0.4, -0.2) is 35.0 Å². The molecule has 1 rings (SSSR count). The molecule has 0 bridgehead atoms. The molecule has 16 heavy (non-hydrogen) atoms. The molecular formula is C12H22O4. The number of cyclic esters (lactones) is 1. The largest absolute Gasteiger partial charge is 0.462 e. The van der Waals surface area contributed by atoms with Crippen LogP contribution in [0, 0.1) is 5.92 Å². The maximum atomic E-state index is 11.5. The van der Waals surface area contributed by atoms with Gasteiger partial charge in [0.05, 0.1) is 18.6 Å². The van der Waals surface area contributed by atoms with Crippen LogP contribution in [0.25, 0.3) is 0 Å². The fourth-order valence-corrected chi connectivity index (χ4v) is 2.12. The van der Waals surface area contributed by atoms with Gasteiger partial charge in [-0.1, -0.05) is 19.8 Å². The van der Waals surface area contributed by atoms with E-state index in [0.717, 1.165) is 25.7 Å². The lowest BCUT2D eigenvalue weighted by atomic mass is 9.96. The molecule has 0 aromatic heterocycles. The highest BCUT2D eigenvalue weighted by Crippen LogP contribution is 2.28. The van der Waals surface area contributed by atoms with Crippen molar-refractivity contribution in [1.82, 2.24) is 0 Å². The third-order valence-corrected chi connectivity index (χ3v) is 3.06. The Morgan fingerprint density at radius 2 is 2.25 bits per heavy atom. The first-order chi connectivity index (χ1) is 7.67. The Morgan fingerprint density at radius 1 is 1.50 bits per heavy atom. The van der Waals surface area contributed by atoms with Gasteiger partial charge in [-0.25, -0.2) is 0 Å². The maximum absolute atomic E-state index is 11.5. The number of unbranched alkanes of at least 4 members (excludes halogenated alkanes) is 2. The minimum Gasteiger partial charge on any atom is -0.462 e. The van der Waals surface area contributed by atoms with Gasteiger partial charge in [-0.2, -0.15) is 0 Å². The molecule has 1 aliphatic rings. The lowest BCUT2D eigenvalue weighted by Crippen LogP contribution is -2.20. The van der Waals surface area contributed by atoms with Crippen LogP contribution in [0.1, 0.15) is 45.4 Å². The summed E-state index contributed by atoms with van der Waals surface area (Å²) >= 11 is 0. The van der Waals surface area contributed by atoms with E-state index in [1.807, 2.05) is 0 Å².